The number of hydrogen-bond donors (Lipinski definition) is 2. The lowest BCUT2D eigenvalue weighted by molar-refractivity contribution is -0.118. The van der Waals surface area contributed by atoms with Crippen molar-refractivity contribution >= 4 is 36.4 Å². The van der Waals surface area contributed by atoms with Crippen LogP contribution in [-0.4, -0.2) is 45.8 Å². The second-order valence-corrected chi connectivity index (χ2v) is 6.11. The number of halogens is 2. The lowest BCUT2D eigenvalue weighted by Gasteiger charge is -2.37. The van der Waals surface area contributed by atoms with Crippen molar-refractivity contribution in [1.29, 1.82) is 0 Å². The van der Waals surface area contributed by atoms with Gasteiger partial charge in [-0.15, -0.1) is 24.8 Å². The third-order valence-electron chi connectivity index (χ3n) is 4.39. The number of carbonyl (C=O) groups is 1. The van der Waals surface area contributed by atoms with Crippen molar-refractivity contribution < 1.29 is 4.79 Å². The summed E-state index contributed by atoms with van der Waals surface area (Å²) >= 11 is 0. The summed E-state index contributed by atoms with van der Waals surface area (Å²) in [5, 5.41) is 7.32. The largest absolute Gasteiger partial charge is 0.327 e. The molecule has 2 heterocycles. The number of amides is 1. The second kappa shape index (κ2) is 9.47. The number of anilines is 1. The van der Waals surface area contributed by atoms with E-state index < -0.39 is 0 Å². The van der Waals surface area contributed by atoms with E-state index in [4.69, 9.17) is 5.73 Å². The van der Waals surface area contributed by atoms with Gasteiger partial charge in [-0.3, -0.25) is 14.4 Å². The van der Waals surface area contributed by atoms with Crippen LogP contribution in [0.4, 0.5) is 5.69 Å². The summed E-state index contributed by atoms with van der Waals surface area (Å²) in [7, 11) is 1.88. The Morgan fingerprint density at radius 3 is 2.57 bits per heavy atom. The molecule has 1 aromatic rings. The van der Waals surface area contributed by atoms with Crippen molar-refractivity contribution in [3.05, 3.63) is 11.4 Å². The van der Waals surface area contributed by atoms with E-state index in [2.05, 4.69) is 15.3 Å². The number of aryl methyl sites for hydroxylation is 2. The topological polar surface area (TPSA) is 76.2 Å². The minimum Gasteiger partial charge on any atom is -0.327 e. The van der Waals surface area contributed by atoms with Gasteiger partial charge in [0.1, 0.15) is 0 Å². The molecule has 1 aliphatic heterocycles. The number of nitrogens with zero attached hydrogens (tertiary/aromatic N) is 3. The van der Waals surface area contributed by atoms with E-state index in [9.17, 15) is 4.79 Å². The monoisotopic (exact) mass is 365 g/mol. The van der Waals surface area contributed by atoms with Gasteiger partial charge in [-0.25, -0.2) is 0 Å². The van der Waals surface area contributed by atoms with E-state index >= 15 is 0 Å². The zero-order valence-corrected chi connectivity index (χ0v) is 16.0. The lowest BCUT2D eigenvalue weighted by Crippen LogP contribution is -2.51. The highest BCUT2D eigenvalue weighted by molar-refractivity contribution is 5.93. The van der Waals surface area contributed by atoms with Gasteiger partial charge in [0, 0.05) is 19.1 Å². The molecule has 1 saturated heterocycles. The van der Waals surface area contributed by atoms with Gasteiger partial charge in [-0.05, 0) is 40.2 Å². The summed E-state index contributed by atoms with van der Waals surface area (Å²) in [6.07, 6.45) is 3.42. The average Bonchev–Trinajstić information content (AvgIpc) is 2.66. The first-order chi connectivity index (χ1) is 9.90. The first-order valence-corrected chi connectivity index (χ1v) is 7.70. The van der Waals surface area contributed by atoms with Gasteiger partial charge >= 0.3 is 0 Å². The summed E-state index contributed by atoms with van der Waals surface area (Å²) in [6, 6.07) is 0.403. The highest BCUT2D eigenvalue weighted by atomic mass is 35.5. The predicted octanol–water partition coefficient (Wildman–Crippen LogP) is 2.02. The van der Waals surface area contributed by atoms with Gasteiger partial charge in [0.25, 0.3) is 0 Å². The number of nitrogens with two attached hydrogens (primary N) is 1. The standard InChI is InChI=1S/C15H27N5O.2ClH/c1-10(16)13-7-5-6-8-20(13)9-14(21)17-15-11(2)18-19(4)12(15)3;;/h10,13H,5-9,16H2,1-4H3,(H,17,21);2*1H. The highest BCUT2D eigenvalue weighted by Crippen LogP contribution is 2.21. The van der Waals surface area contributed by atoms with Crippen LogP contribution in [-0.2, 0) is 11.8 Å². The van der Waals surface area contributed by atoms with Gasteiger partial charge in [0.05, 0.1) is 23.6 Å². The van der Waals surface area contributed by atoms with Gasteiger partial charge in [0.2, 0.25) is 5.91 Å². The summed E-state index contributed by atoms with van der Waals surface area (Å²) in [4.78, 5) is 14.5. The molecule has 1 amide bonds. The number of rotatable bonds is 4. The second-order valence-electron chi connectivity index (χ2n) is 6.11. The zero-order valence-electron chi connectivity index (χ0n) is 14.3. The van der Waals surface area contributed by atoms with Gasteiger partial charge < -0.3 is 11.1 Å². The molecule has 2 atom stereocenters. The fourth-order valence-electron chi connectivity index (χ4n) is 3.13. The summed E-state index contributed by atoms with van der Waals surface area (Å²) in [5.41, 5.74) is 8.71. The van der Waals surface area contributed by atoms with Crippen LogP contribution >= 0.6 is 24.8 Å². The first-order valence-electron chi connectivity index (χ1n) is 7.70. The lowest BCUT2D eigenvalue weighted by atomic mass is 9.97. The number of aromatic nitrogens is 2. The van der Waals surface area contributed by atoms with Crippen molar-refractivity contribution in [2.75, 3.05) is 18.4 Å². The smallest absolute Gasteiger partial charge is 0.238 e. The molecule has 1 aromatic heterocycles. The number of piperidine rings is 1. The molecule has 3 N–H and O–H groups in total. The van der Waals surface area contributed by atoms with E-state index in [1.54, 1.807) is 4.68 Å². The maximum atomic E-state index is 12.3. The number of hydrogen-bond acceptors (Lipinski definition) is 4. The molecule has 0 radical (unpaired) electrons. The van der Waals surface area contributed by atoms with Crippen molar-refractivity contribution in [1.82, 2.24) is 14.7 Å². The highest BCUT2D eigenvalue weighted by Gasteiger charge is 2.27. The predicted molar refractivity (Wildman–Crippen MR) is 98.7 cm³/mol. The molecule has 2 rings (SSSR count). The van der Waals surface area contributed by atoms with Crippen molar-refractivity contribution in [3.63, 3.8) is 0 Å². The third-order valence-corrected chi connectivity index (χ3v) is 4.39. The molecule has 8 heteroatoms. The molecule has 0 aliphatic carbocycles. The van der Waals surface area contributed by atoms with E-state index in [1.165, 1.54) is 6.42 Å². The Balaban J connectivity index is 0.00000242. The van der Waals surface area contributed by atoms with Crippen LogP contribution in [0.1, 0.15) is 37.6 Å². The molecule has 0 saturated carbocycles. The van der Waals surface area contributed by atoms with E-state index in [-0.39, 0.29) is 36.8 Å². The molecule has 0 bridgehead atoms. The molecule has 0 spiro atoms. The van der Waals surface area contributed by atoms with E-state index in [0.717, 1.165) is 36.5 Å². The Morgan fingerprint density at radius 2 is 2.04 bits per heavy atom. The Hall–Kier alpha value is -0.820. The molecular weight excluding hydrogens is 337 g/mol. The van der Waals surface area contributed by atoms with Crippen LogP contribution in [0.2, 0.25) is 0 Å². The fraction of sp³-hybridized carbons (Fsp3) is 0.733. The van der Waals surface area contributed by atoms with Crippen LogP contribution in [0.15, 0.2) is 0 Å². The Bertz CT molecular complexity index is 518. The minimum atomic E-state index is 0. The minimum absolute atomic E-state index is 0. The molecular formula is C15H29Cl2N5O. The molecule has 1 aliphatic rings. The van der Waals surface area contributed by atoms with Crippen LogP contribution in [0, 0.1) is 13.8 Å². The van der Waals surface area contributed by atoms with E-state index in [0.29, 0.717) is 12.6 Å². The molecule has 1 fully saturated rings. The van der Waals surface area contributed by atoms with Gasteiger partial charge in [0.15, 0.2) is 0 Å². The van der Waals surface area contributed by atoms with Crippen molar-refractivity contribution in [3.8, 4) is 0 Å². The van der Waals surface area contributed by atoms with E-state index in [1.807, 2.05) is 27.8 Å². The Morgan fingerprint density at radius 1 is 1.39 bits per heavy atom. The van der Waals surface area contributed by atoms with Crippen LogP contribution < -0.4 is 11.1 Å². The maximum absolute atomic E-state index is 12.3. The maximum Gasteiger partial charge on any atom is 0.238 e. The summed E-state index contributed by atoms with van der Waals surface area (Å²) in [5.74, 6) is 0.0155. The Labute approximate surface area is 151 Å². The molecule has 134 valence electrons. The van der Waals surface area contributed by atoms with Gasteiger partial charge in [-0.1, -0.05) is 6.42 Å². The average molecular weight is 366 g/mol. The van der Waals surface area contributed by atoms with Crippen molar-refractivity contribution in [2.45, 2.75) is 52.1 Å². The Kier molecular flexibility index (Phi) is 9.13. The number of nitrogens with one attached hydrogen (secondary N) is 1. The SMILES string of the molecule is Cc1nn(C)c(C)c1NC(=O)CN1CCCCC1C(C)N.Cl.Cl. The molecule has 6 nitrogen and oxygen atoms in total. The molecule has 0 aromatic carbocycles. The summed E-state index contributed by atoms with van der Waals surface area (Å²) < 4.78 is 1.79. The number of carbonyl (C=O) groups excluding carboxylic acids is 1. The van der Waals surface area contributed by atoms with Crippen LogP contribution in [0.25, 0.3) is 0 Å². The molecule has 2 unspecified atom stereocenters. The quantitative estimate of drug-likeness (QED) is 0.855. The number of likely N-dealkylation sites (tertiary alicyclic amines) is 1. The third kappa shape index (κ3) is 5.35. The molecule has 23 heavy (non-hydrogen) atoms. The fourth-order valence-corrected chi connectivity index (χ4v) is 3.13. The normalized spacial score (nSPS) is 19.4. The zero-order chi connectivity index (χ0) is 15.6. The summed E-state index contributed by atoms with van der Waals surface area (Å²) in [6.45, 7) is 7.25. The first kappa shape index (κ1) is 22.2. The van der Waals surface area contributed by atoms with Crippen LogP contribution in [0.3, 0.4) is 0 Å². The van der Waals surface area contributed by atoms with Crippen LogP contribution in [0.5, 0.6) is 0 Å². The van der Waals surface area contributed by atoms with Crippen molar-refractivity contribution in [2.24, 2.45) is 12.8 Å². The van der Waals surface area contributed by atoms with Gasteiger partial charge in [-0.2, -0.15) is 5.10 Å².